The van der Waals surface area contributed by atoms with Crippen molar-refractivity contribution in [1.29, 1.82) is 0 Å². The molecule has 0 amide bonds. The minimum atomic E-state index is 0.147. The molecule has 2 heteroatoms. The molecule has 0 aliphatic heterocycles. The van der Waals surface area contributed by atoms with Gasteiger partial charge < -0.3 is 0 Å². The van der Waals surface area contributed by atoms with Crippen molar-refractivity contribution in [3.8, 4) is 0 Å². The molecule has 0 atom stereocenters. The van der Waals surface area contributed by atoms with Crippen LogP contribution in [0.4, 0.5) is 0 Å². The third-order valence-corrected chi connectivity index (χ3v) is 6.95. The highest BCUT2D eigenvalue weighted by atomic mass is 32.2. The van der Waals surface area contributed by atoms with Crippen molar-refractivity contribution >= 4 is 31.1 Å². The molecule has 0 spiro atoms. The Hall–Kier alpha value is -0.260. The summed E-state index contributed by atoms with van der Waals surface area (Å²) in [6, 6.07) is 4.95. The van der Waals surface area contributed by atoms with Crippen LogP contribution in [0.3, 0.4) is 0 Å². The van der Waals surface area contributed by atoms with E-state index in [1.807, 2.05) is 11.8 Å². The number of benzene rings is 1. The molecule has 0 N–H and O–H groups in total. The molecule has 1 aromatic rings. The van der Waals surface area contributed by atoms with Crippen LogP contribution in [-0.4, -0.2) is 16.3 Å². The predicted octanol–water partition coefficient (Wildman–Crippen LogP) is 7.48. The standard InChI is InChI=1S/C24H41PS/c1-21(2,3)17-15-18(22(4,5)6)20(19(16-17)23(7,8)9)25-13-14-26-24(10,11)12/h13,15-16H,14H2,1-12H3. The lowest BCUT2D eigenvalue weighted by Gasteiger charge is -2.32. The molecule has 0 saturated heterocycles. The van der Waals surface area contributed by atoms with Gasteiger partial charge >= 0.3 is 0 Å². The molecule has 0 fully saturated rings. The number of thioether (sulfide) groups is 1. The van der Waals surface area contributed by atoms with Crippen LogP contribution >= 0.6 is 20.0 Å². The summed E-state index contributed by atoms with van der Waals surface area (Å²) in [5.74, 6) is 3.55. The van der Waals surface area contributed by atoms with Crippen LogP contribution in [0.25, 0.3) is 0 Å². The van der Waals surface area contributed by atoms with Gasteiger partial charge in [0.15, 0.2) is 0 Å². The van der Waals surface area contributed by atoms with Gasteiger partial charge in [0, 0.05) is 15.8 Å². The summed E-state index contributed by atoms with van der Waals surface area (Å²) < 4.78 is 0.321. The molecule has 1 rings (SSSR count). The summed E-state index contributed by atoms with van der Waals surface area (Å²) in [4.78, 5) is 0. The summed E-state index contributed by atoms with van der Waals surface area (Å²) in [6.07, 6.45) is 0. The van der Waals surface area contributed by atoms with Crippen LogP contribution in [0.15, 0.2) is 12.1 Å². The molecule has 0 radical (unpaired) electrons. The van der Waals surface area contributed by atoms with E-state index in [-0.39, 0.29) is 16.2 Å². The molecule has 0 bridgehead atoms. The molecule has 0 nitrogen and oxygen atoms in total. The Balaban J connectivity index is 3.56. The smallest absolute Gasteiger partial charge is 0.0164 e. The molecular weight excluding hydrogens is 351 g/mol. The van der Waals surface area contributed by atoms with Gasteiger partial charge in [0.1, 0.15) is 0 Å². The quantitative estimate of drug-likeness (QED) is 0.480. The lowest BCUT2D eigenvalue weighted by Crippen LogP contribution is -2.29. The largest absolute Gasteiger partial charge is 0.152 e. The normalized spacial score (nSPS) is 14.3. The molecule has 0 aliphatic rings. The number of rotatable bonds is 3. The van der Waals surface area contributed by atoms with Crippen molar-refractivity contribution in [3.63, 3.8) is 0 Å². The summed E-state index contributed by atoms with van der Waals surface area (Å²) in [5.41, 5.74) is 4.93. The van der Waals surface area contributed by atoms with Gasteiger partial charge in [-0.15, -0.1) is 0 Å². The zero-order valence-electron chi connectivity index (χ0n) is 19.3. The van der Waals surface area contributed by atoms with Crippen molar-refractivity contribution < 1.29 is 0 Å². The van der Waals surface area contributed by atoms with Crippen LogP contribution in [0.5, 0.6) is 0 Å². The van der Waals surface area contributed by atoms with Crippen molar-refractivity contribution in [2.45, 2.75) is 104 Å². The fourth-order valence-electron chi connectivity index (χ4n) is 2.77. The first-order valence-electron chi connectivity index (χ1n) is 9.79. The van der Waals surface area contributed by atoms with Gasteiger partial charge in [0.25, 0.3) is 0 Å². The zero-order valence-corrected chi connectivity index (χ0v) is 21.0. The fraction of sp³-hybridized carbons (Fsp3) is 0.708. The van der Waals surface area contributed by atoms with Gasteiger partial charge in [-0.2, -0.15) is 11.8 Å². The van der Waals surface area contributed by atoms with Gasteiger partial charge in [0.05, 0.1) is 0 Å². The summed E-state index contributed by atoms with van der Waals surface area (Å²) >= 11 is 2.02. The Kier molecular flexibility index (Phi) is 7.32. The Morgan fingerprint density at radius 2 is 1.15 bits per heavy atom. The highest BCUT2D eigenvalue weighted by molar-refractivity contribution is 8.01. The molecule has 0 saturated carbocycles. The first-order chi connectivity index (χ1) is 11.4. The van der Waals surface area contributed by atoms with Gasteiger partial charge in [-0.1, -0.05) is 103 Å². The van der Waals surface area contributed by atoms with E-state index < -0.39 is 0 Å². The molecule has 0 heterocycles. The molecule has 26 heavy (non-hydrogen) atoms. The lowest BCUT2D eigenvalue weighted by molar-refractivity contribution is 0.554. The topological polar surface area (TPSA) is 0 Å². The first kappa shape index (κ1) is 23.8. The van der Waals surface area contributed by atoms with Gasteiger partial charge in [-0.05, 0) is 38.7 Å². The minimum absolute atomic E-state index is 0.147. The highest BCUT2D eigenvalue weighted by Gasteiger charge is 2.28. The van der Waals surface area contributed by atoms with Crippen LogP contribution in [0, 0.1) is 0 Å². The zero-order chi connectivity index (χ0) is 20.6. The average molecular weight is 393 g/mol. The Morgan fingerprint density at radius 1 is 0.731 bits per heavy atom. The van der Waals surface area contributed by atoms with Gasteiger partial charge in [-0.25, -0.2) is 0 Å². The number of hydrogen-bond acceptors (Lipinski definition) is 1. The molecule has 148 valence electrons. The van der Waals surface area contributed by atoms with Gasteiger partial charge in [0.2, 0.25) is 0 Å². The van der Waals surface area contributed by atoms with Crippen LogP contribution in [0.1, 0.15) is 99.8 Å². The Bertz CT molecular complexity index is 606. The maximum Gasteiger partial charge on any atom is 0.0164 e. The molecule has 0 aromatic heterocycles. The van der Waals surface area contributed by atoms with Crippen molar-refractivity contribution in [2.24, 2.45) is 0 Å². The van der Waals surface area contributed by atoms with E-state index in [0.29, 0.717) is 4.75 Å². The summed E-state index contributed by atoms with van der Waals surface area (Å²) in [5, 5.41) is 1.52. The van der Waals surface area contributed by atoms with Crippen molar-refractivity contribution in [1.82, 2.24) is 0 Å². The Labute approximate surface area is 169 Å². The second-order valence-corrected chi connectivity index (χ2v) is 14.3. The molecule has 0 aliphatic carbocycles. The summed E-state index contributed by atoms with van der Waals surface area (Å²) in [6.45, 7) is 28.0. The SMILES string of the molecule is CC(C)(C)SCC=Pc1c(C(C)(C)C)cc(C(C)(C)C)cc1C(C)(C)C. The number of hydrogen-bond donors (Lipinski definition) is 0. The first-order valence-corrected chi connectivity index (χ1v) is 11.7. The van der Waals surface area contributed by atoms with Crippen molar-refractivity contribution in [2.75, 3.05) is 5.75 Å². The van der Waals surface area contributed by atoms with E-state index in [0.717, 1.165) is 5.75 Å². The van der Waals surface area contributed by atoms with Gasteiger partial charge in [-0.3, -0.25) is 0 Å². The van der Waals surface area contributed by atoms with E-state index in [4.69, 9.17) is 0 Å². The highest BCUT2D eigenvalue weighted by Crippen LogP contribution is 2.35. The second-order valence-electron chi connectivity index (χ2n) is 11.4. The van der Waals surface area contributed by atoms with E-state index >= 15 is 0 Å². The summed E-state index contributed by atoms with van der Waals surface area (Å²) in [7, 11) is 1.36. The monoisotopic (exact) mass is 392 g/mol. The van der Waals surface area contributed by atoms with E-state index in [1.165, 1.54) is 30.2 Å². The lowest BCUT2D eigenvalue weighted by atomic mass is 9.75. The van der Waals surface area contributed by atoms with E-state index in [9.17, 15) is 0 Å². The third-order valence-electron chi connectivity index (χ3n) is 4.40. The average Bonchev–Trinajstić information content (AvgIpc) is 2.38. The molecule has 1 aromatic carbocycles. The fourth-order valence-corrected chi connectivity index (χ4v) is 5.12. The van der Waals surface area contributed by atoms with E-state index in [1.54, 1.807) is 0 Å². The van der Waals surface area contributed by atoms with Crippen LogP contribution in [-0.2, 0) is 16.2 Å². The third kappa shape index (κ3) is 7.05. The maximum atomic E-state index is 2.47. The van der Waals surface area contributed by atoms with E-state index in [2.05, 4.69) is 101 Å². The second kappa shape index (κ2) is 8.00. The Morgan fingerprint density at radius 3 is 1.46 bits per heavy atom. The van der Waals surface area contributed by atoms with Crippen LogP contribution < -0.4 is 5.30 Å². The maximum absolute atomic E-state index is 2.47. The van der Waals surface area contributed by atoms with Crippen LogP contribution in [0.2, 0.25) is 0 Å². The van der Waals surface area contributed by atoms with Crippen molar-refractivity contribution in [3.05, 3.63) is 28.8 Å². The molecular formula is C24H41PS. The predicted molar refractivity (Wildman–Crippen MR) is 127 cm³/mol. The minimum Gasteiger partial charge on any atom is -0.152 e. The molecule has 0 unspecified atom stereocenters.